The molecule has 0 N–H and O–H groups in total. The standard InChI is InChI=1S/C24H34O6/c1-5-19(29-23(25)7-3)13-11-17-27-21-15-9-10-16-22(21)28-18-12-14-20(6-2)30-24(26)8-4/h7-10,15-16,19-20H,3-6,11-14,17-18H2,1-2H3. The number of ether oxygens (including phenoxy) is 4. The van der Waals surface area contributed by atoms with Crippen molar-refractivity contribution >= 4 is 11.9 Å². The molecule has 0 spiro atoms. The maximum atomic E-state index is 11.3. The molecule has 1 aromatic rings. The van der Waals surface area contributed by atoms with Gasteiger partial charge in [-0.15, -0.1) is 0 Å². The first kappa shape index (κ1) is 25.3. The third-order valence-electron chi connectivity index (χ3n) is 4.51. The molecule has 0 radical (unpaired) electrons. The summed E-state index contributed by atoms with van der Waals surface area (Å²) in [5.41, 5.74) is 0. The van der Waals surface area contributed by atoms with Gasteiger partial charge in [0.1, 0.15) is 12.2 Å². The fourth-order valence-corrected chi connectivity index (χ4v) is 2.79. The molecule has 0 fully saturated rings. The second-order valence-corrected chi connectivity index (χ2v) is 6.77. The van der Waals surface area contributed by atoms with Gasteiger partial charge in [-0.1, -0.05) is 39.1 Å². The Hall–Kier alpha value is -2.76. The Bertz CT molecular complexity index is 612. The molecule has 0 bridgehead atoms. The molecule has 166 valence electrons. The summed E-state index contributed by atoms with van der Waals surface area (Å²) in [6.07, 6.45) is 6.55. The summed E-state index contributed by atoms with van der Waals surface area (Å²) < 4.78 is 22.3. The molecular weight excluding hydrogens is 384 g/mol. The molecule has 0 aromatic heterocycles. The Kier molecular flexibility index (Phi) is 12.7. The maximum absolute atomic E-state index is 11.3. The van der Waals surface area contributed by atoms with E-state index < -0.39 is 11.9 Å². The molecule has 0 aliphatic rings. The maximum Gasteiger partial charge on any atom is 0.330 e. The lowest BCUT2D eigenvalue weighted by Gasteiger charge is -2.17. The lowest BCUT2D eigenvalue weighted by Crippen LogP contribution is -2.17. The Morgan fingerprint density at radius 3 is 1.57 bits per heavy atom. The zero-order valence-electron chi connectivity index (χ0n) is 18.1. The molecule has 0 saturated carbocycles. The summed E-state index contributed by atoms with van der Waals surface area (Å²) in [4.78, 5) is 22.6. The van der Waals surface area contributed by atoms with Crippen molar-refractivity contribution in [3.05, 3.63) is 49.6 Å². The van der Waals surface area contributed by atoms with Crippen molar-refractivity contribution in [1.82, 2.24) is 0 Å². The van der Waals surface area contributed by atoms with Crippen molar-refractivity contribution < 1.29 is 28.5 Å². The van der Waals surface area contributed by atoms with E-state index in [1.54, 1.807) is 0 Å². The smallest absolute Gasteiger partial charge is 0.330 e. The van der Waals surface area contributed by atoms with Gasteiger partial charge in [0.05, 0.1) is 13.2 Å². The fraction of sp³-hybridized carbons (Fsp3) is 0.500. The Morgan fingerprint density at radius 2 is 1.23 bits per heavy atom. The van der Waals surface area contributed by atoms with E-state index in [-0.39, 0.29) is 12.2 Å². The first-order chi connectivity index (χ1) is 14.5. The molecule has 1 aromatic carbocycles. The zero-order chi connectivity index (χ0) is 22.2. The first-order valence-electron chi connectivity index (χ1n) is 10.5. The van der Waals surface area contributed by atoms with Crippen LogP contribution < -0.4 is 9.47 Å². The highest BCUT2D eigenvalue weighted by atomic mass is 16.5. The predicted octanol–water partition coefficient (Wildman–Crippen LogP) is 5.02. The SMILES string of the molecule is C=CC(=O)OC(CC)CCCOc1ccccc1OCCCC(CC)OC(=O)C=C. The molecule has 1 rings (SSSR count). The minimum absolute atomic E-state index is 0.132. The minimum atomic E-state index is -0.397. The van der Waals surface area contributed by atoms with Crippen LogP contribution in [0.25, 0.3) is 0 Å². The Morgan fingerprint density at radius 1 is 0.833 bits per heavy atom. The molecule has 2 unspecified atom stereocenters. The second kappa shape index (κ2) is 15.1. The molecule has 2 atom stereocenters. The van der Waals surface area contributed by atoms with Crippen molar-refractivity contribution in [2.45, 2.75) is 64.6 Å². The lowest BCUT2D eigenvalue weighted by atomic mass is 10.1. The topological polar surface area (TPSA) is 71.1 Å². The highest BCUT2D eigenvalue weighted by Crippen LogP contribution is 2.27. The Balaban J connectivity index is 2.39. The van der Waals surface area contributed by atoms with Gasteiger partial charge >= 0.3 is 11.9 Å². The highest BCUT2D eigenvalue weighted by molar-refractivity contribution is 5.81. The number of carbonyl (C=O) groups is 2. The molecule has 0 aliphatic carbocycles. The van der Waals surface area contributed by atoms with Gasteiger partial charge in [-0.05, 0) is 50.7 Å². The van der Waals surface area contributed by atoms with Crippen LogP contribution in [0.5, 0.6) is 11.5 Å². The fourth-order valence-electron chi connectivity index (χ4n) is 2.79. The van der Waals surface area contributed by atoms with Crippen molar-refractivity contribution in [1.29, 1.82) is 0 Å². The predicted molar refractivity (Wildman–Crippen MR) is 117 cm³/mol. The number of hydrogen-bond acceptors (Lipinski definition) is 6. The van der Waals surface area contributed by atoms with E-state index in [9.17, 15) is 9.59 Å². The first-order valence-corrected chi connectivity index (χ1v) is 10.5. The monoisotopic (exact) mass is 418 g/mol. The summed E-state index contributed by atoms with van der Waals surface area (Å²) in [5, 5.41) is 0. The van der Waals surface area contributed by atoms with Gasteiger partial charge in [0.15, 0.2) is 11.5 Å². The van der Waals surface area contributed by atoms with Crippen LogP contribution in [0.1, 0.15) is 52.4 Å². The largest absolute Gasteiger partial charge is 0.490 e. The summed E-state index contributed by atoms with van der Waals surface area (Å²) in [6.45, 7) is 11.8. The quantitative estimate of drug-likeness (QED) is 0.213. The molecule has 6 heteroatoms. The lowest BCUT2D eigenvalue weighted by molar-refractivity contribution is -0.144. The highest BCUT2D eigenvalue weighted by Gasteiger charge is 2.12. The third-order valence-corrected chi connectivity index (χ3v) is 4.51. The van der Waals surface area contributed by atoms with Gasteiger partial charge in [0.2, 0.25) is 0 Å². The molecule has 0 saturated heterocycles. The normalized spacial score (nSPS) is 12.3. The van der Waals surface area contributed by atoms with E-state index in [1.165, 1.54) is 12.2 Å². The van der Waals surface area contributed by atoms with Gasteiger partial charge in [-0.25, -0.2) is 9.59 Å². The molecular formula is C24H34O6. The van der Waals surface area contributed by atoms with Gasteiger partial charge in [-0.2, -0.15) is 0 Å². The number of para-hydroxylation sites is 2. The second-order valence-electron chi connectivity index (χ2n) is 6.77. The van der Waals surface area contributed by atoms with Crippen molar-refractivity contribution in [3.63, 3.8) is 0 Å². The van der Waals surface area contributed by atoms with Crippen LogP contribution in [0.2, 0.25) is 0 Å². The molecule has 0 amide bonds. The van der Waals surface area contributed by atoms with Crippen LogP contribution in [-0.2, 0) is 19.1 Å². The average Bonchev–Trinajstić information content (AvgIpc) is 2.78. The Labute approximate surface area is 179 Å². The van der Waals surface area contributed by atoms with E-state index in [0.717, 1.165) is 38.5 Å². The van der Waals surface area contributed by atoms with Gasteiger partial charge < -0.3 is 18.9 Å². The zero-order valence-corrected chi connectivity index (χ0v) is 18.1. The van der Waals surface area contributed by atoms with Crippen LogP contribution in [0.4, 0.5) is 0 Å². The van der Waals surface area contributed by atoms with Gasteiger partial charge in [-0.3, -0.25) is 0 Å². The number of carbonyl (C=O) groups excluding carboxylic acids is 2. The summed E-state index contributed by atoms with van der Waals surface area (Å²) in [5.74, 6) is 0.565. The number of benzene rings is 1. The molecule has 6 nitrogen and oxygen atoms in total. The number of hydrogen-bond donors (Lipinski definition) is 0. The number of rotatable bonds is 16. The summed E-state index contributed by atoms with van der Waals surface area (Å²) in [7, 11) is 0. The van der Waals surface area contributed by atoms with Gasteiger partial charge in [0, 0.05) is 12.2 Å². The summed E-state index contributed by atoms with van der Waals surface area (Å²) >= 11 is 0. The van der Waals surface area contributed by atoms with E-state index in [0.29, 0.717) is 24.7 Å². The molecule has 30 heavy (non-hydrogen) atoms. The van der Waals surface area contributed by atoms with E-state index in [2.05, 4.69) is 13.2 Å². The van der Waals surface area contributed by atoms with Crippen LogP contribution in [-0.4, -0.2) is 37.4 Å². The average molecular weight is 419 g/mol. The van der Waals surface area contributed by atoms with Crippen molar-refractivity contribution in [2.24, 2.45) is 0 Å². The van der Waals surface area contributed by atoms with E-state index >= 15 is 0 Å². The van der Waals surface area contributed by atoms with E-state index in [4.69, 9.17) is 18.9 Å². The third kappa shape index (κ3) is 10.1. The van der Waals surface area contributed by atoms with Crippen molar-refractivity contribution in [3.8, 4) is 11.5 Å². The number of esters is 2. The minimum Gasteiger partial charge on any atom is -0.490 e. The van der Waals surface area contributed by atoms with Gasteiger partial charge in [0.25, 0.3) is 0 Å². The summed E-state index contributed by atoms with van der Waals surface area (Å²) in [6, 6.07) is 7.52. The van der Waals surface area contributed by atoms with Crippen LogP contribution in [0, 0.1) is 0 Å². The van der Waals surface area contributed by atoms with Crippen molar-refractivity contribution in [2.75, 3.05) is 13.2 Å². The van der Waals surface area contributed by atoms with Crippen LogP contribution >= 0.6 is 0 Å². The van der Waals surface area contributed by atoms with Crippen LogP contribution in [0.3, 0.4) is 0 Å². The van der Waals surface area contributed by atoms with E-state index in [1.807, 2.05) is 38.1 Å². The molecule has 0 aliphatic heterocycles. The molecule has 0 heterocycles. The van der Waals surface area contributed by atoms with Crippen LogP contribution in [0.15, 0.2) is 49.6 Å².